The topological polar surface area (TPSA) is 55.6 Å². The van der Waals surface area contributed by atoms with Crippen LogP contribution in [0.25, 0.3) is 11.1 Å². The number of ether oxygens (including phenoxy) is 1. The number of nitrogens with zero attached hydrogens (tertiary/aromatic N) is 2. The molecule has 28 heavy (non-hydrogen) atoms. The Hall–Kier alpha value is -2.53. The number of ketones is 1. The van der Waals surface area contributed by atoms with Crippen molar-refractivity contribution in [1.82, 2.24) is 4.98 Å². The Kier molecular flexibility index (Phi) is 3.91. The molecule has 2 aromatic carbocycles. The predicted molar refractivity (Wildman–Crippen MR) is 109 cm³/mol. The molecule has 1 saturated heterocycles. The minimum Gasteiger partial charge on any atom is -0.486 e. The number of Topliss-reactive ketones (excluding diaryl/α,β-unsaturated/α-hetero) is 1. The van der Waals surface area contributed by atoms with Crippen LogP contribution in [0.4, 0.5) is 6.01 Å². The lowest BCUT2D eigenvalue weighted by Crippen LogP contribution is -2.51. The number of fused-ring (bicyclic) bond motifs is 2. The number of hydrogen-bond donors (Lipinski definition) is 0. The third kappa shape index (κ3) is 2.85. The average molecular weight is 397 g/mol. The molecular weight excluding hydrogens is 376 g/mol. The number of piperidine rings is 1. The number of rotatable bonds is 1. The first kappa shape index (κ1) is 17.6. The summed E-state index contributed by atoms with van der Waals surface area (Å²) in [6.45, 7) is 5.48. The molecule has 0 radical (unpaired) electrons. The van der Waals surface area contributed by atoms with Gasteiger partial charge in [-0.15, -0.1) is 0 Å². The van der Waals surface area contributed by atoms with E-state index in [9.17, 15) is 4.79 Å². The van der Waals surface area contributed by atoms with Gasteiger partial charge in [-0.1, -0.05) is 17.7 Å². The van der Waals surface area contributed by atoms with Gasteiger partial charge in [0, 0.05) is 31.0 Å². The third-order valence-corrected chi connectivity index (χ3v) is 6.04. The maximum Gasteiger partial charge on any atom is 0.298 e. The number of carbonyl (C=O) groups excluding carboxylic acids is 1. The third-order valence-electron chi connectivity index (χ3n) is 5.80. The van der Waals surface area contributed by atoms with Crippen LogP contribution in [0, 0.1) is 13.8 Å². The summed E-state index contributed by atoms with van der Waals surface area (Å²) >= 11 is 6.04. The quantitative estimate of drug-likeness (QED) is 0.572. The number of aromatic nitrogens is 1. The fourth-order valence-corrected chi connectivity index (χ4v) is 4.51. The lowest BCUT2D eigenvalue weighted by molar-refractivity contribution is 0.0220. The highest BCUT2D eigenvalue weighted by Gasteiger charge is 2.44. The molecule has 5 rings (SSSR count). The Labute approximate surface area is 168 Å². The van der Waals surface area contributed by atoms with Gasteiger partial charge in [-0.25, -0.2) is 0 Å². The fraction of sp³-hybridized carbons (Fsp3) is 0.364. The number of aryl methyl sites for hydroxylation is 2. The van der Waals surface area contributed by atoms with E-state index in [0.29, 0.717) is 17.5 Å². The first-order chi connectivity index (χ1) is 13.4. The van der Waals surface area contributed by atoms with Crippen molar-refractivity contribution in [2.24, 2.45) is 0 Å². The van der Waals surface area contributed by atoms with Crippen molar-refractivity contribution in [3.63, 3.8) is 0 Å². The molecule has 0 aliphatic carbocycles. The zero-order valence-electron chi connectivity index (χ0n) is 15.9. The molecule has 144 valence electrons. The van der Waals surface area contributed by atoms with E-state index < -0.39 is 5.60 Å². The Morgan fingerprint density at radius 3 is 2.71 bits per heavy atom. The highest BCUT2D eigenvalue weighted by Crippen LogP contribution is 2.42. The van der Waals surface area contributed by atoms with Gasteiger partial charge < -0.3 is 14.1 Å². The van der Waals surface area contributed by atoms with Gasteiger partial charge in [0.05, 0.1) is 12.0 Å². The van der Waals surface area contributed by atoms with Crippen LogP contribution in [-0.2, 0) is 0 Å². The van der Waals surface area contributed by atoms with Gasteiger partial charge in [-0.05, 0) is 49.2 Å². The van der Waals surface area contributed by atoms with Crippen LogP contribution in [0.15, 0.2) is 34.7 Å². The molecule has 1 fully saturated rings. The minimum absolute atomic E-state index is 0.179. The molecule has 3 aromatic rings. The van der Waals surface area contributed by atoms with Crippen molar-refractivity contribution >= 4 is 34.5 Å². The molecule has 1 aromatic heterocycles. The molecule has 2 aliphatic rings. The van der Waals surface area contributed by atoms with Crippen molar-refractivity contribution in [1.29, 1.82) is 0 Å². The van der Waals surface area contributed by atoms with E-state index in [1.807, 2.05) is 26.0 Å². The molecule has 6 heteroatoms. The first-order valence-corrected chi connectivity index (χ1v) is 9.95. The predicted octanol–water partition coefficient (Wildman–Crippen LogP) is 5.10. The van der Waals surface area contributed by atoms with Gasteiger partial charge in [0.15, 0.2) is 11.4 Å². The number of oxazole rings is 1. The highest BCUT2D eigenvalue weighted by atomic mass is 35.5. The maximum atomic E-state index is 12.8. The number of carbonyl (C=O) groups is 1. The molecule has 1 spiro atoms. The zero-order chi connectivity index (χ0) is 19.5. The van der Waals surface area contributed by atoms with E-state index >= 15 is 0 Å². The number of hydrogen-bond acceptors (Lipinski definition) is 5. The molecule has 0 atom stereocenters. The maximum absolute atomic E-state index is 12.8. The van der Waals surface area contributed by atoms with Crippen molar-refractivity contribution in [2.75, 3.05) is 18.0 Å². The number of anilines is 1. The van der Waals surface area contributed by atoms with Crippen LogP contribution >= 0.6 is 11.6 Å². The zero-order valence-corrected chi connectivity index (χ0v) is 16.7. The van der Waals surface area contributed by atoms with E-state index in [-0.39, 0.29) is 5.78 Å². The van der Waals surface area contributed by atoms with Gasteiger partial charge in [0.25, 0.3) is 6.01 Å². The molecule has 5 nitrogen and oxygen atoms in total. The molecule has 0 amide bonds. The fourth-order valence-electron chi connectivity index (χ4n) is 4.35. The van der Waals surface area contributed by atoms with Gasteiger partial charge in [0.2, 0.25) is 0 Å². The summed E-state index contributed by atoms with van der Waals surface area (Å²) < 4.78 is 12.4. The van der Waals surface area contributed by atoms with Crippen LogP contribution in [0.3, 0.4) is 0 Å². The summed E-state index contributed by atoms with van der Waals surface area (Å²) in [4.78, 5) is 19.5. The summed E-state index contributed by atoms with van der Waals surface area (Å²) in [6, 6.07) is 10.1. The van der Waals surface area contributed by atoms with Crippen LogP contribution in [0.1, 0.15) is 40.7 Å². The summed E-state index contributed by atoms with van der Waals surface area (Å²) in [7, 11) is 0. The summed E-state index contributed by atoms with van der Waals surface area (Å²) in [5.41, 5.74) is 3.89. The molecule has 0 N–H and O–H groups in total. The molecule has 0 saturated carbocycles. The molecule has 3 heterocycles. The molecular formula is C22H21ClN2O3. The normalized spacial score (nSPS) is 18.4. The van der Waals surface area contributed by atoms with Gasteiger partial charge in [-0.3, -0.25) is 4.79 Å². The van der Waals surface area contributed by atoms with E-state index in [0.717, 1.165) is 59.5 Å². The Morgan fingerprint density at radius 1 is 1.14 bits per heavy atom. The largest absolute Gasteiger partial charge is 0.486 e. The van der Waals surface area contributed by atoms with Gasteiger partial charge in [-0.2, -0.15) is 4.98 Å². The lowest BCUT2D eigenvalue weighted by Gasteiger charge is -2.44. The summed E-state index contributed by atoms with van der Waals surface area (Å²) in [6.07, 6.45) is 1.94. The SMILES string of the molecule is Cc1cc(C)c2c(c1)C(=O)CC1(CCN(c3nc4cc(Cl)ccc4o3)CC1)O2. The van der Waals surface area contributed by atoms with Crippen LogP contribution < -0.4 is 9.64 Å². The smallest absolute Gasteiger partial charge is 0.298 e. The summed E-state index contributed by atoms with van der Waals surface area (Å²) in [5.74, 6) is 0.935. The second kappa shape index (κ2) is 6.24. The van der Waals surface area contributed by atoms with Crippen molar-refractivity contribution in [3.05, 3.63) is 52.0 Å². The molecule has 0 bridgehead atoms. The Bertz CT molecular complexity index is 1100. The van der Waals surface area contributed by atoms with Crippen molar-refractivity contribution in [2.45, 2.75) is 38.7 Å². The van der Waals surface area contributed by atoms with E-state index in [1.54, 1.807) is 12.1 Å². The Balaban J connectivity index is 1.38. The average Bonchev–Trinajstić information content (AvgIpc) is 3.06. The first-order valence-electron chi connectivity index (χ1n) is 9.57. The van der Waals surface area contributed by atoms with Crippen molar-refractivity contribution in [3.8, 4) is 5.75 Å². The van der Waals surface area contributed by atoms with E-state index in [4.69, 9.17) is 20.8 Å². The monoisotopic (exact) mass is 396 g/mol. The lowest BCUT2D eigenvalue weighted by atomic mass is 9.81. The Morgan fingerprint density at radius 2 is 1.93 bits per heavy atom. The van der Waals surface area contributed by atoms with Crippen LogP contribution in [-0.4, -0.2) is 29.5 Å². The minimum atomic E-state index is -0.435. The second-order valence-electron chi connectivity index (χ2n) is 7.94. The van der Waals surface area contributed by atoms with Crippen LogP contribution in [0.5, 0.6) is 5.75 Å². The molecule has 2 aliphatic heterocycles. The van der Waals surface area contributed by atoms with Crippen LogP contribution in [0.2, 0.25) is 5.02 Å². The number of benzene rings is 2. The number of halogens is 1. The summed E-state index contributed by atoms with van der Waals surface area (Å²) in [5, 5.41) is 0.642. The second-order valence-corrected chi connectivity index (χ2v) is 8.38. The van der Waals surface area contributed by atoms with E-state index in [2.05, 4.69) is 16.0 Å². The standard InChI is InChI=1S/C22H21ClN2O3/c1-13-9-14(2)20-16(10-13)18(26)12-22(28-20)5-7-25(8-6-22)21-24-17-11-15(23)3-4-19(17)27-21/h3-4,9-11H,5-8,12H2,1-2H3. The van der Waals surface area contributed by atoms with Gasteiger partial charge in [0.1, 0.15) is 16.9 Å². The van der Waals surface area contributed by atoms with E-state index in [1.165, 1.54) is 0 Å². The van der Waals surface area contributed by atoms with Crippen molar-refractivity contribution < 1.29 is 13.9 Å². The molecule has 0 unspecified atom stereocenters. The highest BCUT2D eigenvalue weighted by molar-refractivity contribution is 6.31. The van der Waals surface area contributed by atoms with Gasteiger partial charge >= 0.3 is 0 Å².